The van der Waals surface area contributed by atoms with Crippen LogP contribution in [-0.2, 0) is 4.74 Å². The zero-order chi connectivity index (χ0) is 11.3. The maximum absolute atomic E-state index is 11.4. The molecular weight excluding hydrogens is 212 g/mol. The van der Waals surface area contributed by atoms with E-state index >= 15 is 0 Å². The van der Waals surface area contributed by atoms with Gasteiger partial charge in [-0.25, -0.2) is 4.79 Å². The van der Waals surface area contributed by atoms with Crippen LogP contribution in [0.1, 0.15) is 24.2 Å². The van der Waals surface area contributed by atoms with E-state index < -0.39 is 5.97 Å². The molecule has 15 heavy (non-hydrogen) atoms. The number of phenols is 1. The summed E-state index contributed by atoms with van der Waals surface area (Å²) in [7, 11) is 0. The van der Waals surface area contributed by atoms with Crippen LogP contribution in [0.15, 0.2) is 23.1 Å². The number of thioether (sulfide) groups is 1. The van der Waals surface area contributed by atoms with Crippen molar-refractivity contribution in [3.8, 4) is 5.75 Å². The lowest BCUT2D eigenvalue weighted by Crippen LogP contribution is -2.04. The van der Waals surface area contributed by atoms with Gasteiger partial charge in [-0.3, -0.25) is 0 Å². The maximum Gasteiger partial charge on any atom is 0.341 e. The molecule has 0 amide bonds. The molecule has 0 heterocycles. The quantitative estimate of drug-likeness (QED) is 0.633. The van der Waals surface area contributed by atoms with Crippen LogP contribution in [0.5, 0.6) is 5.75 Å². The number of rotatable bonds is 4. The standard InChI is InChI=1S/C11H14O3S/c1-3-14-11(13)9-7-8(15-4-2)5-6-10(9)12/h5-7,12H,3-4H2,1-2H3. The van der Waals surface area contributed by atoms with Gasteiger partial charge in [0.25, 0.3) is 0 Å². The predicted molar refractivity (Wildman–Crippen MR) is 60.5 cm³/mol. The summed E-state index contributed by atoms with van der Waals surface area (Å²) >= 11 is 1.61. The van der Waals surface area contributed by atoms with Crippen molar-refractivity contribution in [1.82, 2.24) is 0 Å². The highest BCUT2D eigenvalue weighted by molar-refractivity contribution is 7.99. The van der Waals surface area contributed by atoms with Crippen molar-refractivity contribution in [1.29, 1.82) is 0 Å². The van der Waals surface area contributed by atoms with Gasteiger partial charge in [0.2, 0.25) is 0 Å². The molecule has 1 aromatic carbocycles. The number of hydrogen-bond donors (Lipinski definition) is 1. The van der Waals surface area contributed by atoms with Crippen molar-refractivity contribution in [3.05, 3.63) is 23.8 Å². The van der Waals surface area contributed by atoms with Crippen molar-refractivity contribution in [3.63, 3.8) is 0 Å². The number of ether oxygens (including phenoxy) is 1. The summed E-state index contributed by atoms with van der Waals surface area (Å²) in [5, 5.41) is 9.49. The van der Waals surface area contributed by atoms with Gasteiger partial charge in [-0.1, -0.05) is 6.92 Å². The second-order valence-electron chi connectivity index (χ2n) is 2.83. The summed E-state index contributed by atoms with van der Waals surface area (Å²) < 4.78 is 4.83. The van der Waals surface area contributed by atoms with E-state index in [2.05, 4.69) is 0 Å². The molecule has 0 saturated carbocycles. The molecule has 0 spiro atoms. The summed E-state index contributed by atoms with van der Waals surface area (Å²) in [6.07, 6.45) is 0. The van der Waals surface area contributed by atoms with Gasteiger partial charge in [-0.05, 0) is 30.9 Å². The van der Waals surface area contributed by atoms with Crippen molar-refractivity contribution >= 4 is 17.7 Å². The third kappa shape index (κ3) is 3.16. The van der Waals surface area contributed by atoms with Crippen molar-refractivity contribution in [2.75, 3.05) is 12.4 Å². The fourth-order valence-electron chi connectivity index (χ4n) is 1.14. The Morgan fingerprint density at radius 2 is 2.20 bits per heavy atom. The van der Waals surface area contributed by atoms with Crippen LogP contribution in [0.4, 0.5) is 0 Å². The molecule has 0 aliphatic heterocycles. The Balaban J connectivity index is 2.94. The Labute approximate surface area is 93.4 Å². The summed E-state index contributed by atoms with van der Waals surface area (Å²) in [6.45, 7) is 4.07. The molecule has 0 unspecified atom stereocenters. The van der Waals surface area contributed by atoms with E-state index in [9.17, 15) is 9.90 Å². The maximum atomic E-state index is 11.4. The van der Waals surface area contributed by atoms with Gasteiger partial charge in [0, 0.05) is 4.90 Å². The number of carbonyl (C=O) groups is 1. The predicted octanol–water partition coefficient (Wildman–Crippen LogP) is 2.68. The Morgan fingerprint density at radius 3 is 2.80 bits per heavy atom. The molecule has 0 radical (unpaired) electrons. The molecule has 82 valence electrons. The van der Waals surface area contributed by atoms with Crippen LogP contribution >= 0.6 is 11.8 Å². The summed E-state index contributed by atoms with van der Waals surface area (Å²) in [4.78, 5) is 12.4. The highest BCUT2D eigenvalue weighted by Crippen LogP contribution is 2.25. The van der Waals surface area contributed by atoms with Gasteiger partial charge in [0.1, 0.15) is 11.3 Å². The fraction of sp³-hybridized carbons (Fsp3) is 0.364. The van der Waals surface area contributed by atoms with Gasteiger partial charge in [0.15, 0.2) is 0 Å². The third-order valence-corrected chi connectivity index (χ3v) is 2.65. The van der Waals surface area contributed by atoms with E-state index in [0.29, 0.717) is 6.61 Å². The minimum absolute atomic E-state index is 0.0334. The largest absolute Gasteiger partial charge is 0.507 e. The SMILES string of the molecule is CCOC(=O)c1cc(SCC)ccc1O. The number of benzene rings is 1. The minimum atomic E-state index is -0.478. The first-order valence-electron chi connectivity index (χ1n) is 4.82. The number of esters is 1. The van der Waals surface area contributed by atoms with E-state index in [4.69, 9.17) is 4.74 Å². The number of carbonyl (C=O) groups excluding carboxylic acids is 1. The van der Waals surface area contributed by atoms with Crippen LogP contribution in [0.25, 0.3) is 0 Å². The van der Waals surface area contributed by atoms with Gasteiger partial charge >= 0.3 is 5.97 Å². The molecule has 3 nitrogen and oxygen atoms in total. The molecule has 0 bridgehead atoms. The van der Waals surface area contributed by atoms with Crippen molar-refractivity contribution in [2.45, 2.75) is 18.7 Å². The van der Waals surface area contributed by atoms with E-state index in [1.807, 2.05) is 6.92 Å². The first-order chi connectivity index (χ1) is 7.19. The Hall–Kier alpha value is -1.16. The molecule has 0 atom stereocenters. The van der Waals surface area contributed by atoms with E-state index in [-0.39, 0.29) is 11.3 Å². The summed E-state index contributed by atoms with van der Waals surface area (Å²) in [6, 6.07) is 4.96. The van der Waals surface area contributed by atoms with Crippen LogP contribution < -0.4 is 0 Å². The fourth-order valence-corrected chi connectivity index (χ4v) is 1.84. The molecule has 1 aromatic rings. The second-order valence-corrected chi connectivity index (χ2v) is 4.17. The molecule has 0 fully saturated rings. The van der Waals surface area contributed by atoms with Gasteiger partial charge in [-0.15, -0.1) is 11.8 Å². The lowest BCUT2D eigenvalue weighted by atomic mass is 10.2. The van der Waals surface area contributed by atoms with Crippen LogP contribution in [0.3, 0.4) is 0 Å². The number of aromatic hydroxyl groups is 1. The Bertz CT molecular complexity index is 350. The molecule has 4 heteroatoms. The molecule has 1 rings (SSSR count). The lowest BCUT2D eigenvalue weighted by Gasteiger charge is -2.06. The zero-order valence-electron chi connectivity index (χ0n) is 8.82. The summed E-state index contributed by atoms with van der Waals surface area (Å²) in [5.41, 5.74) is 0.232. The average Bonchev–Trinajstić information content (AvgIpc) is 2.21. The van der Waals surface area contributed by atoms with Crippen LogP contribution in [-0.4, -0.2) is 23.4 Å². The van der Waals surface area contributed by atoms with Gasteiger partial charge in [0.05, 0.1) is 6.61 Å². The smallest absolute Gasteiger partial charge is 0.341 e. The molecular formula is C11H14O3S. The molecule has 0 aliphatic rings. The monoisotopic (exact) mass is 226 g/mol. The number of hydrogen-bond acceptors (Lipinski definition) is 4. The van der Waals surface area contributed by atoms with E-state index in [0.717, 1.165) is 10.6 Å². The van der Waals surface area contributed by atoms with Crippen molar-refractivity contribution in [2.24, 2.45) is 0 Å². The molecule has 1 N–H and O–H groups in total. The second kappa shape index (κ2) is 5.66. The summed E-state index contributed by atoms with van der Waals surface area (Å²) in [5.74, 6) is 0.412. The number of phenolic OH excluding ortho intramolecular Hbond substituents is 1. The highest BCUT2D eigenvalue weighted by atomic mass is 32.2. The lowest BCUT2D eigenvalue weighted by molar-refractivity contribution is 0.0523. The Kier molecular flexibility index (Phi) is 4.49. The zero-order valence-corrected chi connectivity index (χ0v) is 9.63. The minimum Gasteiger partial charge on any atom is -0.507 e. The normalized spacial score (nSPS) is 10.0. The van der Waals surface area contributed by atoms with Gasteiger partial charge in [-0.2, -0.15) is 0 Å². The van der Waals surface area contributed by atoms with Crippen LogP contribution in [0, 0.1) is 0 Å². The molecule has 0 aliphatic carbocycles. The average molecular weight is 226 g/mol. The van der Waals surface area contributed by atoms with Crippen LogP contribution in [0.2, 0.25) is 0 Å². The van der Waals surface area contributed by atoms with E-state index in [1.165, 1.54) is 6.07 Å². The topological polar surface area (TPSA) is 46.5 Å². The third-order valence-electron chi connectivity index (χ3n) is 1.77. The van der Waals surface area contributed by atoms with E-state index in [1.54, 1.807) is 30.8 Å². The first kappa shape index (κ1) is 11.9. The van der Waals surface area contributed by atoms with Gasteiger partial charge < -0.3 is 9.84 Å². The molecule has 0 aromatic heterocycles. The van der Waals surface area contributed by atoms with Crippen molar-refractivity contribution < 1.29 is 14.6 Å². The Morgan fingerprint density at radius 1 is 1.47 bits per heavy atom. The first-order valence-corrected chi connectivity index (χ1v) is 5.80. The molecule has 0 saturated heterocycles. The highest BCUT2D eigenvalue weighted by Gasteiger charge is 2.12.